The largest absolute Gasteiger partial charge is 0.399 e. The van der Waals surface area contributed by atoms with Gasteiger partial charge in [-0.1, -0.05) is 0 Å². The highest BCUT2D eigenvalue weighted by Crippen LogP contribution is 2.22. The maximum absolute atomic E-state index is 12.3. The number of aliphatic hydroxyl groups is 1. The molecule has 0 saturated carbocycles. The van der Waals surface area contributed by atoms with Crippen LogP contribution in [0.1, 0.15) is 24.2 Å². The van der Waals surface area contributed by atoms with E-state index in [0.717, 1.165) is 10.9 Å². The molecular weight excluding hydrogens is 242 g/mol. The number of rotatable bonds is 3. The van der Waals surface area contributed by atoms with Crippen molar-refractivity contribution in [2.24, 2.45) is 0 Å². The summed E-state index contributed by atoms with van der Waals surface area (Å²) in [6, 6.07) is 5.39. The van der Waals surface area contributed by atoms with Crippen LogP contribution in [0.15, 0.2) is 24.4 Å². The zero-order valence-corrected chi connectivity index (χ0v) is 11.4. The van der Waals surface area contributed by atoms with Gasteiger partial charge in [-0.05, 0) is 32.0 Å². The minimum absolute atomic E-state index is 0.127. The Morgan fingerprint density at radius 3 is 2.79 bits per heavy atom. The first-order chi connectivity index (χ1) is 8.78. The summed E-state index contributed by atoms with van der Waals surface area (Å²) < 4.78 is 0. The van der Waals surface area contributed by atoms with Gasteiger partial charge in [0.15, 0.2) is 0 Å². The van der Waals surface area contributed by atoms with Gasteiger partial charge in [0, 0.05) is 36.4 Å². The smallest absolute Gasteiger partial charge is 0.255 e. The molecule has 1 aromatic heterocycles. The predicted octanol–water partition coefficient (Wildman–Crippen LogP) is 1.59. The van der Waals surface area contributed by atoms with Crippen molar-refractivity contribution in [3.05, 3.63) is 30.0 Å². The van der Waals surface area contributed by atoms with Crippen LogP contribution < -0.4 is 5.73 Å². The van der Waals surface area contributed by atoms with Crippen molar-refractivity contribution in [2.75, 3.05) is 19.3 Å². The number of aromatic amines is 1. The molecule has 5 nitrogen and oxygen atoms in total. The van der Waals surface area contributed by atoms with Gasteiger partial charge in [0.25, 0.3) is 5.91 Å². The highest BCUT2D eigenvalue weighted by molar-refractivity contribution is 6.07. The van der Waals surface area contributed by atoms with E-state index in [1.165, 1.54) is 4.90 Å². The number of carbonyl (C=O) groups is 1. The Labute approximate surface area is 112 Å². The Balaban J connectivity index is 2.32. The second kappa shape index (κ2) is 4.59. The maximum Gasteiger partial charge on any atom is 0.255 e. The third-order valence-corrected chi connectivity index (χ3v) is 2.91. The van der Waals surface area contributed by atoms with Gasteiger partial charge in [-0.25, -0.2) is 0 Å². The molecule has 0 unspecified atom stereocenters. The Kier molecular flexibility index (Phi) is 3.24. The number of nitrogens with zero attached hydrogens (tertiary/aromatic N) is 1. The van der Waals surface area contributed by atoms with Crippen LogP contribution in [0.5, 0.6) is 0 Å². The van der Waals surface area contributed by atoms with Gasteiger partial charge in [0.1, 0.15) is 0 Å². The molecule has 1 heterocycles. The second-order valence-corrected chi connectivity index (χ2v) is 5.48. The molecule has 0 fully saturated rings. The maximum atomic E-state index is 12.3. The minimum Gasteiger partial charge on any atom is -0.399 e. The van der Waals surface area contributed by atoms with E-state index in [9.17, 15) is 9.90 Å². The van der Waals surface area contributed by atoms with Crippen LogP contribution in [-0.4, -0.2) is 40.1 Å². The van der Waals surface area contributed by atoms with E-state index in [-0.39, 0.29) is 12.5 Å². The van der Waals surface area contributed by atoms with Gasteiger partial charge in [0.2, 0.25) is 0 Å². The van der Waals surface area contributed by atoms with Gasteiger partial charge >= 0.3 is 0 Å². The third kappa shape index (κ3) is 2.88. The summed E-state index contributed by atoms with van der Waals surface area (Å²) in [6.07, 6.45) is 1.67. The van der Waals surface area contributed by atoms with E-state index in [2.05, 4.69) is 4.98 Å². The summed E-state index contributed by atoms with van der Waals surface area (Å²) in [6.45, 7) is 3.62. The Morgan fingerprint density at radius 1 is 1.47 bits per heavy atom. The number of likely N-dealkylation sites (N-methyl/N-ethyl adjacent to an activating group) is 1. The van der Waals surface area contributed by atoms with E-state index in [1.807, 2.05) is 6.07 Å². The molecule has 0 saturated heterocycles. The topological polar surface area (TPSA) is 82.3 Å². The Morgan fingerprint density at radius 2 is 2.16 bits per heavy atom. The molecule has 0 aliphatic rings. The standard InChI is InChI=1S/C14H19N3O2/c1-14(2,19)8-17(3)13(18)11-7-16-12-6-9(15)4-5-10(11)12/h4-7,16,19H,8,15H2,1-3H3. The van der Waals surface area contributed by atoms with Crippen molar-refractivity contribution in [3.8, 4) is 0 Å². The second-order valence-electron chi connectivity index (χ2n) is 5.48. The number of fused-ring (bicyclic) bond motifs is 1. The average Bonchev–Trinajstić information content (AvgIpc) is 2.68. The van der Waals surface area contributed by atoms with Gasteiger partial charge in [-0.15, -0.1) is 0 Å². The summed E-state index contributed by atoms with van der Waals surface area (Å²) in [5.41, 5.74) is 6.86. The molecule has 19 heavy (non-hydrogen) atoms. The van der Waals surface area contributed by atoms with Gasteiger partial charge in [-0.3, -0.25) is 4.79 Å². The molecule has 0 aliphatic carbocycles. The molecular formula is C14H19N3O2. The molecule has 0 atom stereocenters. The number of nitrogens with one attached hydrogen (secondary N) is 1. The molecule has 0 bridgehead atoms. The SMILES string of the molecule is CN(CC(C)(C)O)C(=O)c1c[nH]c2cc(N)ccc12. The van der Waals surface area contributed by atoms with E-state index in [4.69, 9.17) is 5.73 Å². The first-order valence-corrected chi connectivity index (χ1v) is 6.12. The summed E-state index contributed by atoms with van der Waals surface area (Å²) in [5, 5.41) is 10.6. The zero-order valence-electron chi connectivity index (χ0n) is 11.4. The summed E-state index contributed by atoms with van der Waals surface area (Å²) in [5.74, 6) is -0.127. The Bertz CT molecular complexity index is 611. The lowest BCUT2D eigenvalue weighted by Gasteiger charge is -2.25. The molecule has 1 amide bonds. The number of nitrogens with two attached hydrogens (primary N) is 1. The number of carbonyl (C=O) groups excluding carboxylic acids is 1. The highest BCUT2D eigenvalue weighted by Gasteiger charge is 2.22. The van der Waals surface area contributed by atoms with E-state index in [0.29, 0.717) is 11.3 Å². The molecule has 1 aromatic carbocycles. The van der Waals surface area contributed by atoms with Gasteiger partial charge < -0.3 is 20.7 Å². The molecule has 2 aromatic rings. The number of nitrogen functional groups attached to an aromatic ring is 1. The van der Waals surface area contributed by atoms with Crippen LogP contribution in [0.3, 0.4) is 0 Å². The minimum atomic E-state index is -0.916. The number of anilines is 1. The molecule has 4 N–H and O–H groups in total. The fraction of sp³-hybridized carbons (Fsp3) is 0.357. The fourth-order valence-electron chi connectivity index (χ4n) is 2.18. The molecule has 0 spiro atoms. The molecule has 102 valence electrons. The molecule has 2 rings (SSSR count). The zero-order chi connectivity index (χ0) is 14.2. The van der Waals surface area contributed by atoms with E-state index in [1.54, 1.807) is 39.2 Å². The van der Waals surface area contributed by atoms with Gasteiger partial charge in [0.05, 0.1) is 11.2 Å². The lowest BCUT2D eigenvalue weighted by molar-refractivity contribution is 0.0369. The van der Waals surface area contributed by atoms with Crippen molar-refractivity contribution in [1.82, 2.24) is 9.88 Å². The van der Waals surface area contributed by atoms with Gasteiger partial charge in [-0.2, -0.15) is 0 Å². The van der Waals surface area contributed by atoms with Crippen molar-refractivity contribution >= 4 is 22.5 Å². The van der Waals surface area contributed by atoms with Crippen LogP contribution >= 0.6 is 0 Å². The quantitative estimate of drug-likeness (QED) is 0.734. The normalized spacial score (nSPS) is 11.8. The van der Waals surface area contributed by atoms with Crippen LogP contribution in [-0.2, 0) is 0 Å². The highest BCUT2D eigenvalue weighted by atomic mass is 16.3. The summed E-state index contributed by atoms with van der Waals surface area (Å²) >= 11 is 0. The van der Waals surface area contributed by atoms with Crippen molar-refractivity contribution < 1.29 is 9.90 Å². The summed E-state index contributed by atoms with van der Waals surface area (Å²) in [7, 11) is 1.68. The summed E-state index contributed by atoms with van der Waals surface area (Å²) in [4.78, 5) is 16.9. The number of aromatic nitrogens is 1. The average molecular weight is 261 g/mol. The van der Waals surface area contributed by atoms with Crippen molar-refractivity contribution in [1.29, 1.82) is 0 Å². The number of hydrogen-bond acceptors (Lipinski definition) is 3. The lowest BCUT2D eigenvalue weighted by Crippen LogP contribution is -2.39. The Hall–Kier alpha value is -2.01. The van der Waals surface area contributed by atoms with Crippen molar-refractivity contribution in [2.45, 2.75) is 19.4 Å². The van der Waals surface area contributed by atoms with Crippen LogP contribution in [0.4, 0.5) is 5.69 Å². The fourth-order valence-corrected chi connectivity index (χ4v) is 2.18. The first-order valence-electron chi connectivity index (χ1n) is 6.12. The molecule has 0 radical (unpaired) electrons. The number of H-pyrrole nitrogens is 1. The van der Waals surface area contributed by atoms with E-state index < -0.39 is 5.60 Å². The number of benzene rings is 1. The van der Waals surface area contributed by atoms with Crippen LogP contribution in [0.2, 0.25) is 0 Å². The van der Waals surface area contributed by atoms with Crippen LogP contribution in [0, 0.1) is 0 Å². The van der Waals surface area contributed by atoms with E-state index >= 15 is 0 Å². The lowest BCUT2D eigenvalue weighted by atomic mass is 10.1. The monoisotopic (exact) mass is 261 g/mol. The first kappa shape index (κ1) is 13.4. The third-order valence-electron chi connectivity index (χ3n) is 2.91. The predicted molar refractivity (Wildman–Crippen MR) is 76.0 cm³/mol. The number of amides is 1. The number of hydrogen-bond donors (Lipinski definition) is 3. The van der Waals surface area contributed by atoms with Crippen LogP contribution in [0.25, 0.3) is 10.9 Å². The molecule has 0 aliphatic heterocycles. The van der Waals surface area contributed by atoms with Crippen molar-refractivity contribution in [3.63, 3.8) is 0 Å². The molecule has 5 heteroatoms.